The van der Waals surface area contributed by atoms with Crippen molar-refractivity contribution in [3.05, 3.63) is 30.1 Å². The van der Waals surface area contributed by atoms with Gasteiger partial charge in [0.15, 0.2) is 10.9 Å². The predicted molar refractivity (Wildman–Crippen MR) is 94.7 cm³/mol. The second-order valence-corrected chi connectivity index (χ2v) is 6.66. The highest BCUT2D eigenvalue weighted by Gasteiger charge is 2.22. The largest absolute Gasteiger partial charge is 0.461 e. The van der Waals surface area contributed by atoms with E-state index in [1.807, 2.05) is 7.05 Å². The minimum atomic E-state index is 0. The summed E-state index contributed by atoms with van der Waals surface area (Å²) in [5.74, 6) is 3.60. The monoisotopic (exact) mass is 382 g/mol. The van der Waals surface area contributed by atoms with Crippen LogP contribution in [0.5, 0.6) is 0 Å². The maximum absolute atomic E-state index is 5.26. The van der Waals surface area contributed by atoms with Gasteiger partial charge in [0.2, 0.25) is 11.7 Å². The van der Waals surface area contributed by atoms with E-state index in [2.05, 4.69) is 30.2 Å². The van der Waals surface area contributed by atoms with Crippen LogP contribution in [0.3, 0.4) is 0 Å². The number of nitrogens with zero attached hydrogens (tertiary/aromatic N) is 5. The first-order valence-electron chi connectivity index (χ1n) is 7.90. The molecule has 1 aliphatic heterocycles. The number of thioether (sulfide) groups is 1. The van der Waals surface area contributed by atoms with Crippen LogP contribution in [-0.4, -0.2) is 38.0 Å². The molecule has 0 radical (unpaired) electrons. The summed E-state index contributed by atoms with van der Waals surface area (Å²) in [6.07, 6.45) is 3.92. The molecule has 1 fully saturated rings. The van der Waals surface area contributed by atoms with Crippen molar-refractivity contribution < 1.29 is 8.94 Å². The maximum Gasteiger partial charge on any atom is 0.238 e. The Morgan fingerprint density at radius 1 is 1.40 bits per heavy atom. The van der Waals surface area contributed by atoms with Gasteiger partial charge in [-0.05, 0) is 31.5 Å². The van der Waals surface area contributed by atoms with Crippen molar-refractivity contribution in [1.82, 2.24) is 30.2 Å². The SMILES string of the molecule is Cl.Cn1c(SCc2nc(-c3ccco3)no2)nnc1C1CCCNC1. The van der Waals surface area contributed by atoms with Crippen LogP contribution < -0.4 is 5.32 Å². The van der Waals surface area contributed by atoms with E-state index in [0.717, 1.165) is 30.5 Å². The molecule has 0 spiro atoms. The Morgan fingerprint density at radius 3 is 3.08 bits per heavy atom. The van der Waals surface area contributed by atoms with Crippen LogP contribution in [-0.2, 0) is 12.8 Å². The molecule has 3 aromatic rings. The van der Waals surface area contributed by atoms with E-state index in [9.17, 15) is 0 Å². The van der Waals surface area contributed by atoms with Crippen LogP contribution in [0.2, 0.25) is 0 Å². The summed E-state index contributed by atoms with van der Waals surface area (Å²) in [7, 11) is 2.01. The molecule has 0 aromatic carbocycles. The summed E-state index contributed by atoms with van der Waals surface area (Å²) in [5.41, 5.74) is 0. The Bertz CT molecular complexity index is 797. The van der Waals surface area contributed by atoms with E-state index in [4.69, 9.17) is 8.94 Å². The molecule has 0 saturated carbocycles. The topological polar surface area (TPSA) is 94.8 Å². The molecule has 8 nitrogen and oxygen atoms in total. The van der Waals surface area contributed by atoms with E-state index >= 15 is 0 Å². The zero-order chi connectivity index (χ0) is 16.4. The van der Waals surface area contributed by atoms with Crippen molar-refractivity contribution in [2.45, 2.75) is 29.7 Å². The van der Waals surface area contributed by atoms with Gasteiger partial charge in [-0.1, -0.05) is 16.9 Å². The number of furan rings is 1. The van der Waals surface area contributed by atoms with Crippen LogP contribution in [0, 0.1) is 0 Å². The number of piperidine rings is 1. The standard InChI is InChI=1S/C15H18N6O2S.ClH/c1-21-14(10-4-2-6-16-8-10)18-19-15(21)24-9-12-17-13(20-23-12)11-5-3-7-22-11;/h3,5,7,10,16H,2,4,6,8-9H2,1H3;1H. The normalized spacial score (nSPS) is 17.4. The first-order valence-corrected chi connectivity index (χ1v) is 8.89. The van der Waals surface area contributed by atoms with Gasteiger partial charge in [0.1, 0.15) is 5.82 Å². The smallest absolute Gasteiger partial charge is 0.238 e. The molecule has 0 amide bonds. The Morgan fingerprint density at radius 2 is 2.32 bits per heavy atom. The third-order valence-corrected chi connectivity index (χ3v) is 5.07. The average molecular weight is 383 g/mol. The van der Waals surface area contributed by atoms with Crippen molar-refractivity contribution in [2.75, 3.05) is 13.1 Å². The van der Waals surface area contributed by atoms with Gasteiger partial charge in [-0.3, -0.25) is 0 Å². The predicted octanol–water partition coefficient (Wildman–Crippen LogP) is 2.64. The molecule has 25 heavy (non-hydrogen) atoms. The van der Waals surface area contributed by atoms with Crippen LogP contribution in [0.15, 0.2) is 32.5 Å². The molecule has 1 aliphatic rings. The van der Waals surface area contributed by atoms with Gasteiger partial charge in [-0.25, -0.2) is 0 Å². The van der Waals surface area contributed by atoms with Gasteiger partial charge in [-0.15, -0.1) is 22.6 Å². The number of hydrogen-bond donors (Lipinski definition) is 1. The Balaban J connectivity index is 0.00000182. The number of rotatable bonds is 5. The summed E-state index contributed by atoms with van der Waals surface area (Å²) in [6, 6.07) is 3.59. The molecular weight excluding hydrogens is 364 g/mol. The van der Waals surface area contributed by atoms with Crippen LogP contribution >= 0.6 is 24.2 Å². The molecule has 3 aromatic heterocycles. The minimum absolute atomic E-state index is 0. The third-order valence-electron chi connectivity index (χ3n) is 4.07. The fraction of sp³-hybridized carbons (Fsp3) is 0.467. The lowest BCUT2D eigenvalue weighted by Gasteiger charge is -2.21. The third kappa shape index (κ3) is 3.88. The summed E-state index contributed by atoms with van der Waals surface area (Å²) in [5, 5.41) is 16.9. The van der Waals surface area contributed by atoms with Crippen molar-refractivity contribution >= 4 is 24.2 Å². The number of aromatic nitrogens is 5. The lowest BCUT2D eigenvalue weighted by molar-refractivity contribution is 0.390. The van der Waals surface area contributed by atoms with Gasteiger partial charge in [-0.2, -0.15) is 4.98 Å². The van der Waals surface area contributed by atoms with E-state index in [1.54, 1.807) is 18.4 Å². The molecule has 4 heterocycles. The van der Waals surface area contributed by atoms with Crippen LogP contribution in [0.4, 0.5) is 0 Å². The van der Waals surface area contributed by atoms with Crippen molar-refractivity contribution in [3.8, 4) is 11.6 Å². The number of halogens is 1. The van der Waals surface area contributed by atoms with Gasteiger partial charge in [0.25, 0.3) is 0 Å². The van der Waals surface area contributed by atoms with Gasteiger partial charge < -0.3 is 18.8 Å². The van der Waals surface area contributed by atoms with Crippen LogP contribution in [0.25, 0.3) is 11.6 Å². The second kappa shape index (κ2) is 8.03. The van der Waals surface area contributed by atoms with Gasteiger partial charge in [0.05, 0.1) is 12.0 Å². The first kappa shape index (κ1) is 18.0. The summed E-state index contributed by atoms with van der Waals surface area (Å²) < 4.78 is 12.6. The molecule has 1 atom stereocenters. The van der Waals surface area contributed by atoms with Crippen LogP contribution in [0.1, 0.15) is 30.5 Å². The molecule has 0 aliphatic carbocycles. The highest BCUT2D eigenvalue weighted by molar-refractivity contribution is 7.98. The van der Waals surface area contributed by atoms with Gasteiger partial charge in [0, 0.05) is 19.5 Å². The quantitative estimate of drug-likeness (QED) is 0.673. The minimum Gasteiger partial charge on any atom is -0.461 e. The van der Waals surface area contributed by atoms with E-state index in [0.29, 0.717) is 29.1 Å². The Kier molecular flexibility index (Phi) is 5.77. The summed E-state index contributed by atoms with van der Waals surface area (Å²) in [4.78, 5) is 4.33. The zero-order valence-electron chi connectivity index (χ0n) is 13.7. The van der Waals surface area contributed by atoms with E-state index in [-0.39, 0.29) is 12.4 Å². The molecule has 1 saturated heterocycles. The second-order valence-electron chi connectivity index (χ2n) is 5.72. The average Bonchev–Trinajstić information content (AvgIpc) is 3.35. The Hall–Kier alpha value is -1.84. The van der Waals surface area contributed by atoms with Crippen molar-refractivity contribution in [1.29, 1.82) is 0 Å². The molecule has 1 unspecified atom stereocenters. The molecule has 4 rings (SSSR count). The highest BCUT2D eigenvalue weighted by Crippen LogP contribution is 2.27. The summed E-state index contributed by atoms with van der Waals surface area (Å²) in [6.45, 7) is 2.05. The maximum atomic E-state index is 5.26. The Labute approximate surface area is 155 Å². The fourth-order valence-corrected chi connectivity index (χ4v) is 3.58. The van der Waals surface area contributed by atoms with Crippen molar-refractivity contribution in [2.24, 2.45) is 7.05 Å². The first-order chi connectivity index (χ1) is 11.8. The number of nitrogens with one attached hydrogen (secondary N) is 1. The fourth-order valence-electron chi connectivity index (χ4n) is 2.83. The molecule has 10 heteroatoms. The molecule has 1 N–H and O–H groups in total. The van der Waals surface area contributed by atoms with E-state index in [1.165, 1.54) is 18.2 Å². The zero-order valence-corrected chi connectivity index (χ0v) is 15.3. The van der Waals surface area contributed by atoms with Crippen molar-refractivity contribution in [3.63, 3.8) is 0 Å². The molecule has 0 bridgehead atoms. The van der Waals surface area contributed by atoms with E-state index < -0.39 is 0 Å². The summed E-state index contributed by atoms with van der Waals surface area (Å²) >= 11 is 1.54. The lowest BCUT2D eigenvalue weighted by Crippen LogP contribution is -2.29. The van der Waals surface area contributed by atoms with Gasteiger partial charge >= 0.3 is 0 Å². The lowest BCUT2D eigenvalue weighted by atomic mass is 9.99. The molecular formula is C15H19ClN6O2S. The molecule has 134 valence electrons. The highest BCUT2D eigenvalue weighted by atomic mass is 35.5. The number of hydrogen-bond acceptors (Lipinski definition) is 8.